The quantitative estimate of drug-likeness (QED) is 0.123. The van der Waals surface area contributed by atoms with Crippen LogP contribution in [-0.2, 0) is 11.3 Å². The van der Waals surface area contributed by atoms with Gasteiger partial charge in [0.25, 0.3) is 0 Å². The minimum atomic E-state index is -2.94. The molecule has 1 aliphatic heterocycles. The standard InChI is InChI=1S/C29H27F5N6O3S/c1-29(33,34)17-12-18(15-35-14-17)38-28-37-11-9-21(39-28)19-8-5-10-36-27(19)43-22-13-20(30)23(25(32)24(22)31)26(40-44(41)42)16-6-3-2-4-7-16/h2-11,13,17-18,26,35,40H,12,14-15H2,1H3,(H,41,42)(H,37,38,39)/p-1. The second-order valence-corrected chi connectivity index (χ2v) is 10.9. The zero-order valence-corrected chi connectivity index (χ0v) is 23.9. The predicted molar refractivity (Wildman–Crippen MR) is 151 cm³/mol. The molecule has 232 valence electrons. The lowest BCUT2D eigenvalue weighted by atomic mass is 9.91. The summed E-state index contributed by atoms with van der Waals surface area (Å²) in [6.45, 7) is 1.47. The molecule has 4 atom stereocenters. The summed E-state index contributed by atoms with van der Waals surface area (Å²) in [7, 11) is 0. The topological polar surface area (TPSA) is 124 Å². The third-order valence-electron chi connectivity index (χ3n) is 7.11. The minimum absolute atomic E-state index is 0.131. The molecule has 2 aromatic heterocycles. The number of benzene rings is 2. The fourth-order valence-electron chi connectivity index (χ4n) is 4.93. The Balaban J connectivity index is 1.42. The first-order valence-electron chi connectivity index (χ1n) is 13.4. The van der Waals surface area contributed by atoms with Gasteiger partial charge in [-0.3, -0.25) is 4.21 Å². The first-order valence-corrected chi connectivity index (χ1v) is 14.5. The first-order chi connectivity index (χ1) is 21.0. The second kappa shape index (κ2) is 13.3. The summed E-state index contributed by atoms with van der Waals surface area (Å²) in [5, 5.41) is 6.02. The number of nitrogens with one attached hydrogen (secondary N) is 3. The summed E-state index contributed by atoms with van der Waals surface area (Å²) in [4.78, 5) is 12.7. The molecule has 1 aliphatic rings. The van der Waals surface area contributed by atoms with Gasteiger partial charge in [-0.1, -0.05) is 30.3 Å². The van der Waals surface area contributed by atoms with Crippen molar-refractivity contribution in [1.29, 1.82) is 0 Å². The molecule has 3 N–H and O–H groups in total. The Labute approximate surface area is 251 Å². The van der Waals surface area contributed by atoms with Crippen molar-refractivity contribution < 1.29 is 35.5 Å². The van der Waals surface area contributed by atoms with E-state index in [1.165, 1.54) is 54.9 Å². The number of halogens is 5. The highest BCUT2D eigenvalue weighted by Gasteiger charge is 2.38. The maximum Gasteiger partial charge on any atom is 0.249 e. The van der Waals surface area contributed by atoms with Crippen LogP contribution < -0.4 is 20.1 Å². The highest BCUT2D eigenvalue weighted by molar-refractivity contribution is 7.77. The lowest BCUT2D eigenvalue weighted by Gasteiger charge is -2.33. The number of anilines is 1. The van der Waals surface area contributed by atoms with E-state index in [0.29, 0.717) is 12.6 Å². The summed E-state index contributed by atoms with van der Waals surface area (Å²) >= 11 is -2.94. The minimum Gasteiger partial charge on any atom is -0.760 e. The SMILES string of the molecule is CC(F)(F)C1CNCC(Nc2nccc(-c3cccnc3Oc3cc(F)c(C(NS(=O)[O-])c4ccccc4)c(F)c3F)n2)C1. The van der Waals surface area contributed by atoms with Gasteiger partial charge in [-0.15, -0.1) is 0 Å². The van der Waals surface area contributed by atoms with Crippen molar-refractivity contribution in [2.75, 3.05) is 18.4 Å². The van der Waals surface area contributed by atoms with E-state index in [-0.39, 0.29) is 47.7 Å². The zero-order chi connectivity index (χ0) is 31.4. The Morgan fingerprint density at radius 3 is 2.55 bits per heavy atom. The number of alkyl halides is 2. The average molecular weight is 634 g/mol. The van der Waals surface area contributed by atoms with Crippen LogP contribution in [0, 0.1) is 23.4 Å². The Morgan fingerprint density at radius 2 is 1.82 bits per heavy atom. The van der Waals surface area contributed by atoms with Crippen molar-refractivity contribution in [2.24, 2.45) is 5.92 Å². The Kier molecular flexibility index (Phi) is 9.48. The summed E-state index contributed by atoms with van der Waals surface area (Å²) in [6, 6.07) is 10.8. The average Bonchev–Trinajstić information content (AvgIpc) is 3.00. The monoisotopic (exact) mass is 633 g/mol. The molecule has 1 fully saturated rings. The Hall–Kier alpha value is -4.05. The van der Waals surface area contributed by atoms with Gasteiger partial charge in [-0.25, -0.2) is 37.2 Å². The third-order valence-corrected chi connectivity index (χ3v) is 7.53. The fourth-order valence-corrected chi connectivity index (χ4v) is 5.38. The van der Waals surface area contributed by atoms with Crippen LogP contribution in [0.2, 0.25) is 0 Å². The van der Waals surface area contributed by atoms with E-state index in [1.54, 1.807) is 6.07 Å². The third kappa shape index (κ3) is 7.18. The molecule has 5 rings (SSSR count). The van der Waals surface area contributed by atoms with Crippen LogP contribution in [0.4, 0.5) is 27.9 Å². The predicted octanol–water partition coefficient (Wildman–Crippen LogP) is 5.27. The van der Waals surface area contributed by atoms with Gasteiger partial charge in [0.1, 0.15) is 5.82 Å². The largest absolute Gasteiger partial charge is 0.760 e. The number of aromatic nitrogens is 3. The maximum absolute atomic E-state index is 15.4. The number of piperidine rings is 1. The zero-order valence-electron chi connectivity index (χ0n) is 23.1. The molecule has 15 heteroatoms. The van der Waals surface area contributed by atoms with Crippen molar-refractivity contribution in [3.63, 3.8) is 0 Å². The Morgan fingerprint density at radius 1 is 1.05 bits per heavy atom. The van der Waals surface area contributed by atoms with Crippen molar-refractivity contribution in [1.82, 2.24) is 25.0 Å². The van der Waals surface area contributed by atoms with Crippen molar-refractivity contribution in [3.05, 3.63) is 95.6 Å². The van der Waals surface area contributed by atoms with Gasteiger partial charge in [0, 0.05) is 60.3 Å². The van der Waals surface area contributed by atoms with Crippen LogP contribution in [-0.4, -0.2) is 48.8 Å². The lowest BCUT2D eigenvalue weighted by molar-refractivity contribution is -0.0488. The molecule has 0 saturated carbocycles. The number of pyridine rings is 1. The number of nitrogens with zero attached hydrogens (tertiary/aromatic N) is 3. The van der Waals surface area contributed by atoms with E-state index in [9.17, 15) is 17.5 Å². The van der Waals surface area contributed by atoms with Gasteiger partial charge in [-0.05, 0) is 37.1 Å². The summed E-state index contributed by atoms with van der Waals surface area (Å²) in [5.41, 5.74) is -0.229. The van der Waals surface area contributed by atoms with Crippen molar-refractivity contribution in [3.8, 4) is 22.9 Å². The number of rotatable bonds is 10. The van der Waals surface area contributed by atoms with Crippen LogP contribution in [0.5, 0.6) is 11.6 Å². The number of hydrogen-bond donors (Lipinski definition) is 3. The lowest BCUT2D eigenvalue weighted by Crippen LogP contribution is -2.48. The Bertz CT molecular complexity index is 1650. The van der Waals surface area contributed by atoms with Crippen molar-refractivity contribution in [2.45, 2.75) is 31.4 Å². The normalized spacial score (nSPS) is 18.4. The van der Waals surface area contributed by atoms with Gasteiger partial charge in [0.15, 0.2) is 11.6 Å². The summed E-state index contributed by atoms with van der Waals surface area (Å²) in [5.74, 6) is -9.20. The van der Waals surface area contributed by atoms with Gasteiger partial charge in [0.2, 0.25) is 23.6 Å². The molecule has 4 unspecified atom stereocenters. The van der Waals surface area contributed by atoms with E-state index < -0.39 is 57.9 Å². The summed E-state index contributed by atoms with van der Waals surface area (Å²) in [6.07, 6.45) is 2.91. The van der Waals surface area contributed by atoms with Crippen LogP contribution in [0.15, 0.2) is 67.0 Å². The molecule has 3 heterocycles. The van der Waals surface area contributed by atoms with Gasteiger partial charge in [-0.2, -0.15) is 4.39 Å². The summed E-state index contributed by atoms with van der Waals surface area (Å²) < 4.78 is 104. The molecule has 0 amide bonds. The van der Waals surface area contributed by atoms with E-state index >= 15 is 13.2 Å². The second-order valence-electron chi connectivity index (χ2n) is 10.2. The van der Waals surface area contributed by atoms with E-state index in [0.717, 1.165) is 6.92 Å². The first kappa shape index (κ1) is 31.4. The van der Waals surface area contributed by atoms with E-state index in [4.69, 9.17) is 4.74 Å². The molecule has 2 aromatic carbocycles. The molecular formula is C29H26F5N6O3S-. The molecule has 1 saturated heterocycles. The van der Waals surface area contributed by atoms with Gasteiger partial charge in [0.05, 0.1) is 17.3 Å². The maximum atomic E-state index is 15.4. The van der Waals surface area contributed by atoms with Crippen LogP contribution in [0.25, 0.3) is 11.3 Å². The molecule has 0 radical (unpaired) electrons. The molecular weight excluding hydrogens is 607 g/mol. The van der Waals surface area contributed by atoms with Crippen LogP contribution in [0.1, 0.15) is 30.5 Å². The molecule has 0 spiro atoms. The smallest absolute Gasteiger partial charge is 0.249 e. The van der Waals surface area contributed by atoms with E-state index in [2.05, 4.69) is 25.6 Å². The highest BCUT2D eigenvalue weighted by atomic mass is 32.2. The highest BCUT2D eigenvalue weighted by Crippen LogP contribution is 2.37. The number of hydrogen-bond acceptors (Lipinski definition) is 8. The molecule has 4 aromatic rings. The number of ether oxygens (including phenoxy) is 1. The van der Waals surface area contributed by atoms with Gasteiger partial charge < -0.3 is 19.9 Å². The van der Waals surface area contributed by atoms with E-state index in [1.807, 2.05) is 4.72 Å². The molecule has 0 aliphatic carbocycles. The van der Waals surface area contributed by atoms with Gasteiger partial charge >= 0.3 is 0 Å². The molecule has 44 heavy (non-hydrogen) atoms. The molecule has 0 bridgehead atoms. The van der Waals surface area contributed by atoms with Crippen LogP contribution >= 0.6 is 0 Å². The molecule has 9 nitrogen and oxygen atoms in total. The fraction of sp³-hybridized carbons (Fsp3) is 0.276. The van der Waals surface area contributed by atoms with Crippen molar-refractivity contribution >= 4 is 17.2 Å². The van der Waals surface area contributed by atoms with Crippen LogP contribution in [0.3, 0.4) is 0 Å².